The average Bonchev–Trinajstić information content (AvgIpc) is 3.41. The summed E-state index contributed by atoms with van der Waals surface area (Å²) in [6.45, 7) is 0.930. The quantitative estimate of drug-likeness (QED) is 0.327. The van der Waals surface area contributed by atoms with Crippen molar-refractivity contribution in [2.75, 3.05) is 13.2 Å². The molecule has 2 aromatic carbocycles. The summed E-state index contributed by atoms with van der Waals surface area (Å²) in [5, 5.41) is 11.2. The Balaban J connectivity index is 1.63. The number of hydrogen-bond acceptors (Lipinski definition) is 6. The van der Waals surface area contributed by atoms with Crippen LogP contribution in [0.2, 0.25) is 0 Å². The minimum atomic E-state index is -0.776. The zero-order chi connectivity index (χ0) is 22.2. The Morgan fingerprint density at radius 1 is 1.03 bits per heavy atom. The topological polar surface area (TPSA) is 89.2 Å². The number of Topliss-reactive ketones (excluding diaryl/α,β-unsaturated/α-hetero) is 1. The smallest absolute Gasteiger partial charge is 0.296 e. The lowest BCUT2D eigenvalue weighted by atomic mass is 9.95. The van der Waals surface area contributed by atoms with Crippen LogP contribution in [0.25, 0.3) is 5.76 Å². The first-order chi connectivity index (χ1) is 15.5. The van der Waals surface area contributed by atoms with E-state index in [9.17, 15) is 14.7 Å². The van der Waals surface area contributed by atoms with E-state index in [-0.39, 0.29) is 17.9 Å². The Hall–Kier alpha value is -3.52. The molecule has 5 rings (SSSR count). The Morgan fingerprint density at radius 3 is 2.50 bits per heavy atom. The van der Waals surface area contributed by atoms with E-state index in [1.807, 2.05) is 24.3 Å². The van der Waals surface area contributed by atoms with Crippen LogP contribution in [-0.2, 0) is 16.1 Å². The Morgan fingerprint density at radius 2 is 1.78 bits per heavy atom. The van der Waals surface area contributed by atoms with Gasteiger partial charge in [0.25, 0.3) is 11.7 Å². The fraction of sp³-hybridized carbons (Fsp3) is 0.167. The van der Waals surface area contributed by atoms with Crippen LogP contribution >= 0.6 is 15.9 Å². The highest BCUT2D eigenvalue weighted by atomic mass is 79.9. The molecule has 0 saturated carbocycles. The predicted molar refractivity (Wildman–Crippen MR) is 118 cm³/mol. The van der Waals surface area contributed by atoms with E-state index >= 15 is 0 Å². The Bertz CT molecular complexity index is 1220. The predicted octanol–water partition coefficient (Wildman–Crippen LogP) is 4.44. The number of furan rings is 1. The van der Waals surface area contributed by atoms with E-state index in [2.05, 4.69) is 15.9 Å². The largest absolute Gasteiger partial charge is 0.507 e. The van der Waals surface area contributed by atoms with Crippen molar-refractivity contribution in [3.63, 3.8) is 0 Å². The first-order valence-corrected chi connectivity index (χ1v) is 10.8. The van der Waals surface area contributed by atoms with E-state index in [4.69, 9.17) is 13.9 Å². The van der Waals surface area contributed by atoms with Crippen molar-refractivity contribution in [3.8, 4) is 11.5 Å². The number of amides is 1. The van der Waals surface area contributed by atoms with Crippen molar-refractivity contribution >= 4 is 33.4 Å². The third kappa shape index (κ3) is 3.56. The van der Waals surface area contributed by atoms with Crippen molar-refractivity contribution in [2.45, 2.75) is 12.6 Å². The average molecular weight is 496 g/mol. The molecule has 7 nitrogen and oxygen atoms in total. The van der Waals surface area contributed by atoms with Gasteiger partial charge in [-0.3, -0.25) is 9.59 Å². The molecule has 1 atom stereocenters. The van der Waals surface area contributed by atoms with Gasteiger partial charge < -0.3 is 23.9 Å². The minimum Gasteiger partial charge on any atom is -0.507 e. The van der Waals surface area contributed by atoms with Gasteiger partial charge in [0.05, 0.1) is 24.4 Å². The van der Waals surface area contributed by atoms with Crippen molar-refractivity contribution in [1.29, 1.82) is 0 Å². The van der Waals surface area contributed by atoms with E-state index in [1.165, 1.54) is 11.2 Å². The maximum Gasteiger partial charge on any atom is 0.296 e. The Kier molecular flexibility index (Phi) is 5.22. The van der Waals surface area contributed by atoms with Gasteiger partial charge in [-0.25, -0.2) is 0 Å². The highest BCUT2D eigenvalue weighted by Gasteiger charge is 2.46. The second kappa shape index (κ2) is 8.20. The van der Waals surface area contributed by atoms with E-state index < -0.39 is 17.7 Å². The number of ether oxygens (including phenoxy) is 2. The number of benzene rings is 2. The molecule has 0 bridgehead atoms. The number of halogens is 1. The number of nitrogens with zero attached hydrogens (tertiary/aromatic N) is 1. The molecule has 2 aliphatic rings. The molecule has 1 saturated heterocycles. The molecule has 1 unspecified atom stereocenters. The maximum atomic E-state index is 13.1. The molecule has 32 heavy (non-hydrogen) atoms. The summed E-state index contributed by atoms with van der Waals surface area (Å²) in [5.41, 5.74) is 1.07. The summed E-state index contributed by atoms with van der Waals surface area (Å²) in [5.74, 6) is -0.144. The van der Waals surface area contributed by atoms with Gasteiger partial charge in [0.2, 0.25) is 0 Å². The van der Waals surface area contributed by atoms with Crippen LogP contribution in [0, 0.1) is 0 Å². The molecule has 1 amide bonds. The molecule has 1 aromatic heterocycles. The van der Waals surface area contributed by atoms with Crippen LogP contribution in [0.5, 0.6) is 11.5 Å². The fourth-order valence-corrected chi connectivity index (χ4v) is 4.22. The zero-order valence-electron chi connectivity index (χ0n) is 16.8. The number of carbonyl (C=O) groups excluding carboxylic acids is 2. The van der Waals surface area contributed by atoms with Gasteiger partial charge in [-0.1, -0.05) is 28.1 Å². The van der Waals surface area contributed by atoms with Crippen molar-refractivity contribution < 1.29 is 28.6 Å². The van der Waals surface area contributed by atoms with Gasteiger partial charge in [-0.05, 0) is 48.0 Å². The van der Waals surface area contributed by atoms with E-state index in [0.717, 1.165) is 4.47 Å². The highest BCUT2D eigenvalue weighted by Crippen LogP contribution is 2.42. The monoisotopic (exact) mass is 495 g/mol. The summed E-state index contributed by atoms with van der Waals surface area (Å²) in [6.07, 6.45) is 1.51. The Labute approximate surface area is 192 Å². The van der Waals surface area contributed by atoms with Crippen LogP contribution < -0.4 is 9.47 Å². The third-order valence-corrected chi connectivity index (χ3v) is 5.98. The summed E-state index contributed by atoms with van der Waals surface area (Å²) >= 11 is 3.41. The van der Waals surface area contributed by atoms with Crippen molar-refractivity contribution in [2.24, 2.45) is 0 Å². The number of fused-ring (bicyclic) bond motifs is 1. The van der Waals surface area contributed by atoms with Gasteiger partial charge in [-0.15, -0.1) is 0 Å². The van der Waals surface area contributed by atoms with Gasteiger partial charge >= 0.3 is 0 Å². The van der Waals surface area contributed by atoms with Crippen LogP contribution in [0.15, 0.2) is 75.3 Å². The first kappa shape index (κ1) is 20.4. The highest BCUT2D eigenvalue weighted by molar-refractivity contribution is 9.10. The lowest BCUT2D eigenvalue weighted by molar-refractivity contribution is -0.140. The second-order valence-corrected chi connectivity index (χ2v) is 8.33. The van der Waals surface area contributed by atoms with Gasteiger partial charge in [0, 0.05) is 10.0 Å². The normalized spacial score (nSPS) is 19.4. The van der Waals surface area contributed by atoms with Crippen LogP contribution in [-0.4, -0.2) is 34.9 Å². The van der Waals surface area contributed by atoms with Crippen LogP contribution in [0.4, 0.5) is 0 Å². The van der Waals surface area contributed by atoms with Gasteiger partial charge in [0.15, 0.2) is 11.5 Å². The lowest BCUT2D eigenvalue weighted by Crippen LogP contribution is -2.29. The summed E-state index contributed by atoms with van der Waals surface area (Å²) in [6, 6.07) is 14.9. The zero-order valence-corrected chi connectivity index (χ0v) is 18.4. The molecule has 0 radical (unpaired) electrons. The van der Waals surface area contributed by atoms with Crippen LogP contribution in [0.3, 0.4) is 0 Å². The number of aliphatic hydroxyl groups is 1. The number of carbonyl (C=O) groups is 2. The molecule has 3 heterocycles. The molecule has 8 heteroatoms. The summed E-state index contributed by atoms with van der Waals surface area (Å²) < 4.78 is 17.4. The third-order valence-electron chi connectivity index (χ3n) is 5.45. The van der Waals surface area contributed by atoms with E-state index in [0.29, 0.717) is 41.6 Å². The molecule has 162 valence electrons. The minimum absolute atomic E-state index is 0.0144. The molecular weight excluding hydrogens is 478 g/mol. The van der Waals surface area contributed by atoms with Crippen molar-refractivity contribution in [3.05, 3.63) is 87.8 Å². The number of rotatable bonds is 4. The standard InChI is InChI=1S/C24H18BrNO6/c25-16-6-3-14(4-7-16)21-20(23(28)24(29)26(21)13-17-2-1-9-30-17)22(27)15-5-8-18-19(12-15)32-11-10-31-18/h1-9,12,21,27H,10-11,13H2/b22-20+. The maximum absolute atomic E-state index is 13.1. The fourth-order valence-electron chi connectivity index (χ4n) is 3.95. The lowest BCUT2D eigenvalue weighted by Gasteiger charge is -2.24. The number of hydrogen-bond donors (Lipinski definition) is 1. The van der Waals surface area contributed by atoms with Crippen molar-refractivity contribution in [1.82, 2.24) is 4.90 Å². The molecule has 1 fully saturated rings. The van der Waals surface area contributed by atoms with Gasteiger partial charge in [-0.2, -0.15) is 0 Å². The molecule has 0 aliphatic carbocycles. The number of ketones is 1. The molecular formula is C24H18BrNO6. The summed E-state index contributed by atoms with van der Waals surface area (Å²) in [4.78, 5) is 27.5. The molecule has 1 N–H and O–H groups in total. The summed E-state index contributed by atoms with van der Waals surface area (Å²) in [7, 11) is 0. The number of likely N-dealkylation sites (tertiary alicyclic amines) is 1. The molecule has 3 aromatic rings. The van der Waals surface area contributed by atoms with Crippen LogP contribution in [0.1, 0.15) is 22.9 Å². The van der Waals surface area contributed by atoms with Gasteiger partial charge in [0.1, 0.15) is 24.7 Å². The van der Waals surface area contributed by atoms with E-state index in [1.54, 1.807) is 30.3 Å². The molecule has 2 aliphatic heterocycles. The first-order valence-electron chi connectivity index (χ1n) is 9.99. The SMILES string of the molecule is O=C1C(=O)N(Cc2ccco2)C(c2ccc(Br)cc2)/C1=C(\O)c1ccc2c(c1)OCCO2. The number of aliphatic hydroxyl groups excluding tert-OH is 1. The second-order valence-electron chi connectivity index (χ2n) is 7.42. The molecule has 0 spiro atoms.